The number of aromatic carboxylic acids is 1. The number of rotatable bonds is 3. The predicted octanol–water partition coefficient (Wildman–Crippen LogP) is 1.72. The highest BCUT2D eigenvalue weighted by Gasteiger charge is 2.12. The molecule has 0 aliphatic rings. The molecule has 0 amide bonds. The van der Waals surface area contributed by atoms with Crippen LogP contribution in [0.5, 0.6) is 0 Å². The summed E-state index contributed by atoms with van der Waals surface area (Å²) in [6, 6.07) is 8.48. The van der Waals surface area contributed by atoms with Crippen molar-refractivity contribution in [2.24, 2.45) is 0 Å². The normalized spacial score (nSPS) is 10.6. The second-order valence-corrected chi connectivity index (χ2v) is 4.12. The van der Waals surface area contributed by atoms with Crippen molar-refractivity contribution < 1.29 is 14.4 Å². The molecule has 0 saturated carbocycles. The SMILES string of the molecule is O=C(O)c1cc(-c2cccc(-c3c[nH]c(=O)[nH]3)c2)on1. The molecule has 1 aromatic carbocycles. The van der Waals surface area contributed by atoms with E-state index in [1.165, 1.54) is 6.07 Å². The number of aromatic amines is 2. The lowest BCUT2D eigenvalue weighted by atomic mass is 10.1. The highest BCUT2D eigenvalue weighted by Crippen LogP contribution is 2.25. The lowest BCUT2D eigenvalue weighted by Gasteiger charge is -2.00. The number of carboxylic acid groups (broad SMARTS) is 1. The minimum absolute atomic E-state index is 0.152. The number of imidazole rings is 1. The molecular weight excluding hydrogens is 262 g/mol. The molecule has 0 radical (unpaired) electrons. The maximum Gasteiger partial charge on any atom is 0.358 e. The maximum absolute atomic E-state index is 11.1. The molecule has 0 spiro atoms. The first-order valence-corrected chi connectivity index (χ1v) is 5.72. The molecule has 0 aliphatic heterocycles. The van der Waals surface area contributed by atoms with Gasteiger partial charge >= 0.3 is 11.7 Å². The van der Waals surface area contributed by atoms with Crippen LogP contribution >= 0.6 is 0 Å². The summed E-state index contributed by atoms with van der Waals surface area (Å²) in [5.41, 5.74) is 1.63. The van der Waals surface area contributed by atoms with Crippen LogP contribution in [-0.4, -0.2) is 26.2 Å². The number of H-pyrrole nitrogens is 2. The van der Waals surface area contributed by atoms with Crippen molar-refractivity contribution in [2.75, 3.05) is 0 Å². The monoisotopic (exact) mass is 271 g/mol. The molecule has 3 rings (SSSR count). The first kappa shape index (κ1) is 12.0. The highest BCUT2D eigenvalue weighted by atomic mass is 16.5. The number of nitrogens with zero attached hydrogens (tertiary/aromatic N) is 1. The molecule has 2 aromatic heterocycles. The van der Waals surface area contributed by atoms with Crippen molar-refractivity contribution in [3.63, 3.8) is 0 Å². The highest BCUT2D eigenvalue weighted by molar-refractivity contribution is 5.86. The van der Waals surface area contributed by atoms with Crippen LogP contribution in [0.2, 0.25) is 0 Å². The Bertz CT molecular complexity index is 828. The fraction of sp³-hybridized carbons (Fsp3) is 0. The lowest BCUT2D eigenvalue weighted by molar-refractivity contribution is 0.0686. The Balaban J connectivity index is 2.02. The summed E-state index contributed by atoms with van der Waals surface area (Å²) in [7, 11) is 0. The third-order valence-electron chi connectivity index (χ3n) is 2.78. The Morgan fingerprint density at radius 3 is 2.70 bits per heavy atom. The van der Waals surface area contributed by atoms with Gasteiger partial charge in [-0.2, -0.15) is 0 Å². The molecule has 0 aliphatic carbocycles. The second-order valence-electron chi connectivity index (χ2n) is 4.12. The van der Waals surface area contributed by atoms with Crippen molar-refractivity contribution >= 4 is 5.97 Å². The zero-order valence-corrected chi connectivity index (χ0v) is 10.1. The van der Waals surface area contributed by atoms with E-state index in [9.17, 15) is 9.59 Å². The molecule has 3 N–H and O–H groups in total. The molecular formula is C13H9N3O4. The minimum atomic E-state index is -1.15. The Morgan fingerprint density at radius 1 is 1.25 bits per heavy atom. The first-order chi connectivity index (χ1) is 9.63. The number of hydrogen-bond donors (Lipinski definition) is 3. The number of hydrogen-bond acceptors (Lipinski definition) is 4. The van der Waals surface area contributed by atoms with Gasteiger partial charge in [0.05, 0.1) is 5.69 Å². The molecule has 100 valence electrons. The van der Waals surface area contributed by atoms with Crippen LogP contribution in [0.3, 0.4) is 0 Å². The lowest BCUT2D eigenvalue weighted by Crippen LogP contribution is -1.99. The summed E-state index contributed by atoms with van der Waals surface area (Å²) >= 11 is 0. The van der Waals surface area contributed by atoms with Gasteiger partial charge < -0.3 is 19.6 Å². The van der Waals surface area contributed by atoms with Crippen molar-refractivity contribution in [3.05, 3.63) is 52.7 Å². The van der Waals surface area contributed by atoms with Gasteiger partial charge in [0.25, 0.3) is 0 Å². The van der Waals surface area contributed by atoms with Crippen LogP contribution in [0.1, 0.15) is 10.5 Å². The summed E-state index contributed by atoms with van der Waals surface area (Å²) in [6.45, 7) is 0. The summed E-state index contributed by atoms with van der Waals surface area (Å²) in [4.78, 5) is 27.0. The second kappa shape index (κ2) is 4.54. The first-order valence-electron chi connectivity index (χ1n) is 5.72. The molecule has 7 nitrogen and oxygen atoms in total. The Morgan fingerprint density at radius 2 is 2.05 bits per heavy atom. The number of nitrogens with one attached hydrogen (secondary N) is 2. The van der Waals surface area contributed by atoms with E-state index in [2.05, 4.69) is 15.1 Å². The fourth-order valence-electron chi connectivity index (χ4n) is 1.84. The summed E-state index contributed by atoms with van der Waals surface area (Å²) in [6.07, 6.45) is 1.56. The van der Waals surface area contributed by atoms with Crippen molar-refractivity contribution in [2.45, 2.75) is 0 Å². The van der Waals surface area contributed by atoms with Gasteiger partial charge in [-0.15, -0.1) is 0 Å². The topological polar surface area (TPSA) is 112 Å². The average molecular weight is 271 g/mol. The maximum atomic E-state index is 11.1. The molecule has 3 aromatic rings. The minimum Gasteiger partial charge on any atom is -0.476 e. The van der Waals surface area contributed by atoms with E-state index in [0.717, 1.165) is 5.56 Å². The molecule has 2 heterocycles. The van der Waals surface area contributed by atoms with E-state index in [1.807, 2.05) is 6.07 Å². The largest absolute Gasteiger partial charge is 0.476 e. The molecule has 7 heteroatoms. The van der Waals surface area contributed by atoms with Crippen LogP contribution in [0, 0.1) is 0 Å². The van der Waals surface area contributed by atoms with E-state index in [1.54, 1.807) is 24.4 Å². The molecule has 0 atom stereocenters. The Kier molecular flexibility index (Phi) is 2.72. The Labute approximate surface area is 111 Å². The molecule has 0 saturated heterocycles. The van der Waals surface area contributed by atoms with Crippen LogP contribution in [-0.2, 0) is 0 Å². The van der Waals surface area contributed by atoms with Gasteiger partial charge in [-0.1, -0.05) is 23.4 Å². The van der Waals surface area contributed by atoms with Crippen LogP contribution in [0.15, 0.2) is 45.8 Å². The number of benzene rings is 1. The third kappa shape index (κ3) is 2.12. The fourth-order valence-corrected chi connectivity index (χ4v) is 1.84. The average Bonchev–Trinajstić information content (AvgIpc) is 3.07. The smallest absolute Gasteiger partial charge is 0.358 e. The van der Waals surface area contributed by atoms with Gasteiger partial charge in [0.1, 0.15) is 0 Å². The molecule has 0 bridgehead atoms. The summed E-state index contributed by atoms with van der Waals surface area (Å²) in [5, 5.41) is 12.3. The van der Waals surface area contributed by atoms with Gasteiger partial charge in [0.2, 0.25) is 0 Å². The predicted molar refractivity (Wildman–Crippen MR) is 69.3 cm³/mol. The van der Waals surface area contributed by atoms with Gasteiger partial charge in [-0.25, -0.2) is 9.59 Å². The van der Waals surface area contributed by atoms with Gasteiger partial charge in [-0.05, 0) is 6.07 Å². The van der Waals surface area contributed by atoms with Crippen molar-refractivity contribution in [1.29, 1.82) is 0 Å². The van der Waals surface area contributed by atoms with E-state index in [-0.39, 0.29) is 11.4 Å². The van der Waals surface area contributed by atoms with Crippen molar-refractivity contribution in [3.8, 4) is 22.6 Å². The molecule has 20 heavy (non-hydrogen) atoms. The van der Waals surface area contributed by atoms with E-state index < -0.39 is 5.97 Å². The van der Waals surface area contributed by atoms with E-state index in [4.69, 9.17) is 9.63 Å². The number of carbonyl (C=O) groups is 1. The van der Waals surface area contributed by atoms with Crippen molar-refractivity contribution in [1.82, 2.24) is 15.1 Å². The van der Waals surface area contributed by atoms with Gasteiger partial charge in [0, 0.05) is 23.4 Å². The third-order valence-corrected chi connectivity index (χ3v) is 2.78. The quantitative estimate of drug-likeness (QED) is 0.671. The van der Waals surface area contributed by atoms with Crippen LogP contribution < -0.4 is 5.69 Å². The number of aromatic nitrogens is 3. The summed E-state index contributed by atoms with van der Waals surface area (Å²) < 4.78 is 5.00. The van der Waals surface area contributed by atoms with E-state index in [0.29, 0.717) is 17.0 Å². The van der Waals surface area contributed by atoms with Crippen LogP contribution in [0.25, 0.3) is 22.6 Å². The zero-order chi connectivity index (χ0) is 14.1. The zero-order valence-electron chi connectivity index (χ0n) is 10.1. The van der Waals surface area contributed by atoms with E-state index >= 15 is 0 Å². The summed E-state index contributed by atoms with van der Waals surface area (Å²) in [5.74, 6) is -0.798. The molecule has 0 unspecified atom stereocenters. The number of carboxylic acids is 1. The van der Waals surface area contributed by atoms with Crippen LogP contribution in [0.4, 0.5) is 0 Å². The standard InChI is InChI=1S/C13H9N3O4/c17-12(18)9-5-11(20-16-9)8-3-1-2-7(4-8)10-6-14-13(19)15-10/h1-6H,(H,17,18)(H2,14,15,19). The van der Waals surface area contributed by atoms with Gasteiger partial charge in [0.15, 0.2) is 11.5 Å². The van der Waals surface area contributed by atoms with Gasteiger partial charge in [-0.3, -0.25) is 0 Å². The Hall–Kier alpha value is -3.09. The molecule has 0 fully saturated rings.